The fraction of sp³-hybridized carbons (Fsp3) is 0.0714. The monoisotopic (exact) mass is 696 g/mol. The molecule has 0 N–H and O–H groups in total. The Balaban J connectivity index is 0.00000230. The van der Waals surface area contributed by atoms with Crippen molar-refractivity contribution >= 4 is 74.7 Å². The van der Waals surface area contributed by atoms with E-state index >= 15 is 0 Å². The second-order valence-electron chi connectivity index (χ2n) is 9.53. The molecule has 0 saturated carbocycles. The second-order valence-corrected chi connectivity index (χ2v) is 14.2. The predicted molar refractivity (Wildman–Crippen MR) is 161 cm³/mol. The van der Waals surface area contributed by atoms with Crippen LogP contribution >= 0.6 is 22.7 Å². The van der Waals surface area contributed by atoms with Crippen LogP contribution in [0.4, 0.5) is 11.4 Å². The van der Waals surface area contributed by atoms with Crippen LogP contribution in [-0.4, -0.2) is 40.8 Å². The first-order chi connectivity index (χ1) is 20.3. The van der Waals surface area contributed by atoms with Gasteiger partial charge in [-0.2, -0.15) is 0 Å². The Morgan fingerprint density at radius 1 is 0.644 bits per heavy atom. The van der Waals surface area contributed by atoms with Crippen LogP contribution in [0.1, 0.15) is 11.1 Å². The fourth-order valence-corrected chi connectivity index (χ4v) is 9.14. The van der Waals surface area contributed by atoms with Gasteiger partial charge in [-0.1, -0.05) is 17.0 Å². The summed E-state index contributed by atoms with van der Waals surface area (Å²) < 4.78 is 71.4. The van der Waals surface area contributed by atoms with Crippen molar-refractivity contribution < 1.29 is 89.9 Å². The Kier molecular flexibility index (Phi) is 10.8. The van der Waals surface area contributed by atoms with Gasteiger partial charge in [0.2, 0.25) is 5.69 Å². The molecule has 0 aliphatic rings. The molecule has 0 saturated heterocycles. The number of rotatable bonds is 6. The van der Waals surface area contributed by atoms with E-state index in [2.05, 4.69) is 15.1 Å². The van der Waals surface area contributed by atoms with Crippen LogP contribution in [-0.2, 0) is 20.2 Å². The van der Waals surface area contributed by atoms with E-state index in [1.165, 1.54) is 0 Å². The standard InChI is InChI=1S/C28H20N4O7S4.2Na/c1-15-3-13-21-23(25(15)42(34,35)36)40-27(29-21)17-5-9-19(10-6-17)31-32(33)20-11-7-18(8-12-20)28-30-22-14-4-16(2)26(24(22)41-28)43(37,38)39;;/h3-14H,1-2H3,(H,34,35,36)(H,37,38,39);;/q;2*+1/p-2. The van der Waals surface area contributed by atoms with Gasteiger partial charge in [0, 0.05) is 28.4 Å². The van der Waals surface area contributed by atoms with Crippen molar-refractivity contribution in [2.75, 3.05) is 0 Å². The van der Waals surface area contributed by atoms with Crippen LogP contribution in [0.25, 0.3) is 41.6 Å². The van der Waals surface area contributed by atoms with Crippen molar-refractivity contribution in [3.8, 4) is 21.1 Å². The van der Waals surface area contributed by atoms with E-state index in [-0.39, 0.29) is 79.3 Å². The van der Waals surface area contributed by atoms with Crippen molar-refractivity contribution in [1.29, 1.82) is 0 Å². The predicted octanol–water partition coefficient (Wildman–Crippen LogP) is 0.599. The number of aromatic nitrogens is 2. The van der Waals surface area contributed by atoms with Crippen molar-refractivity contribution in [3.05, 3.63) is 89.1 Å². The van der Waals surface area contributed by atoms with Gasteiger partial charge in [-0.3, -0.25) is 0 Å². The van der Waals surface area contributed by atoms with Gasteiger partial charge in [0.15, 0.2) is 0 Å². The van der Waals surface area contributed by atoms with E-state index in [0.29, 0.717) is 58.6 Å². The fourth-order valence-electron chi connectivity index (χ4n) is 4.57. The molecule has 0 aliphatic heterocycles. The second kappa shape index (κ2) is 13.5. The number of hydrogen-bond acceptors (Lipinski definition) is 12. The number of nitrogens with zero attached hydrogens (tertiary/aromatic N) is 4. The average Bonchev–Trinajstić information content (AvgIpc) is 3.56. The summed E-state index contributed by atoms with van der Waals surface area (Å²) in [5.41, 5.74) is 3.39. The summed E-state index contributed by atoms with van der Waals surface area (Å²) in [5, 5.41) is 17.8. The summed E-state index contributed by atoms with van der Waals surface area (Å²) in [5.74, 6) is 0. The van der Waals surface area contributed by atoms with Crippen molar-refractivity contribution in [1.82, 2.24) is 9.97 Å². The molecule has 45 heavy (non-hydrogen) atoms. The minimum Gasteiger partial charge on any atom is -0.744 e. The van der Waals surface area contributed by atoms with Gasteiger partial charge < -0.3 is 14.3 Å². The number of benzene rings is 4. The normalized spacial score (nSPS) is 12.2. The first-order valence-electron chi connectivity index (χ1n) is 12.4. The molecule has 6 rings (SSSR count). The number of hydrogen-bond donors (Lipinski definition) is 0. The summed E-state index contributed by atoms with van der Waals surface area (Å²) in [6, 6.07) is 19.4. The molecule has 0 amide bonds. The Labute approximate surface area is 310 Å². The van der Waals surface area contributed by atoms with E-state index in [0.717, 1.165) is 22.7 Å². The third-order valence-electron chi connectivity index (χ3n) is 6.57. The summed E-state index contributed by atoms with van der Waals surface area (Å²) in [6.45, 7) is 3.12. The zero-order chi connectivity index (χ0) is 30.7. The molecular weight excluding hydrogens is 679 g/mol. The molecule has 0 radical (unpaired) electrons. The van der Waals surface area contributed by atoms with Crippen molar-refractivity contribution in [2.45, 2.75) is 23.6 Å². The maximum absolute atomic E-state index is 12.8. The SMILES string of the molecule is Cc1ccc2nc(-c3ccc(N=[N+]([O-])c4ccc(-c5nc6ccc(C)c(S(=O)(=O)[O-])c6s5)cc4)cc3)sc2c1S(=O)(=O)[O-].[Na+].[Na+]. The smallest absolute Gasteiger partial charge is 0.744 e. The molecule has 0 atom stereocenters. The van der Waals surface area contributed by atoms with Gasteiger partial charge >= 0.3 is 59.1 Å². The van der Waals surface area contributed by atoms with E-state index in [9.17, 15) is 31.1 Å². The molecule has 0 aliphatic carbocycles. The first-order valence-corrected chi connectivity index (χ1v) is 16.9. The zero-order valence-corrected chi connectivity index (χ0v) is 31.5. The van der Waals surface area contributed by atoms with Crippen LogP contribution in [0, 0.1) is 19.1 Å². The largest absolute Gasteiger partial charge is 1.00 e. The van der Waals surface area contributed by atoms with Gasteiger partial charge in [-0.25, -0.2) is 26.8 Å². The third kappa shape index (κ3) is 7.25. The molecule has 0 unspecified atom stereocenters. The van der Waals surface area contributed by atoms with Crippen LogP contribution in [0.15, 0.2) is 87.7 Å². The van der Waals surface area contributed by atoms with E-state index in [1.54, 1.807) is 86.6 Å². The van der Waals surface area contributed by atoms with Crippen LogP contribution in [0.3, 0.4) is 0 Å². The van der Waals surface area contributed by atoms with Gasteiger partial charge in [0.05, 0.1) is 30.2 Å². The van der Waals surface area contributed by atoms with E-state index < -0.39 is 20.2 Å². The quantitative estimate of drug-likeness (QED) is 0.0793. The van der Waals surface area contributed by atoms with Gasteiger partial charge in [0.1, 0.15) is 35.9 Å². The maximum atomic E-state index is 12.8. The Hall–Kier alpha value is -2.12. The number of fused-ring (bicyclic) bond motifs is 2. The molecule has 0 fully saturated rings. The van der Waals surface area contributed by atoms with E-state index in [4.69, 9.17) is 0 Å². The topological polar surface area (TPSA) is 179 Å². The summed E-state index contributed by atoms with van der Waals surface area (Å²) in [4.78, 5) is 8.83. The Morgan fingerprint density at radius 3 is 1.44 bits per heavy atom. The van der Waals surface area contributed by atoms with Gasteiger partial charge in [0.25, 0.3) is 0 Å². The molecular formula is C28H18N4Na2O7S4. The molecule has 6 aromatic rings. The van der Waals surface area contributed by atoms with Crippen LogP contribution < -0.4 is 59.1 Å². The zero-order valence-electron chi connectivity index (χ0n) is 24.2. The minimum atomic E-state index is -4.69. The Morgan fingerprint density at radius 2 is 1.04 bits per heavy atom. The summed E-state index contributed by atoms with van der Waals surface area (Å²) >= 11 is 2.18. The van der Waals surface area contributed by atoms with Crippen molar-refractivity contribution in [3.63, 3.8) is 0 Å². The molecule has 17 heteroatoms. The maximum Gasteiger partial charge on any atom is 1.00 e. The third-order valence-corrected chi connectivity index (χ3v) is 11.2. The molecule has 218 valence electrons. The Bertz CT molecular complexity index is 2320. The van der Waals surface area contributed by atoms with Gasteiger partial charge in [-0.05, 0) is 73.5 Å². The molecule has 4 aromatic carbocycles. The molecule has 2 heterocycles. The number of thiazole rings is 2. The molecule has 0 spiro atoms. The molecule has 11 nitrogen and oxygen atoms in total. The summed E-state index contributed by atoms with van der Waals surface area (Å²) in [6.07, 6.45) is 0. The first kappa shape index (κ1) is 35.7. The number of aryl methyl sites for hydroxylation is 2. The minimum absolute atomic E-state index is 0. The van der Waals surface area contributed by atoms with Crippen LogP contribution in [0.2, 0.25) is 0 Å². The summed E-state index contributed by atoms with van der Waals surface area (Å²) in [7, 11) is -9.37. The number of azo groups is 1. The van der Waals surface area contributed by atoms with E-state index in [1.807, 2.05) is 0 Å². The molecule has 0 bridgehead atoms. The van der Waals surface area contributed by atoms with Crippen LogP contribution in [0.5, 0.6) is 0 Å². The average molecular weight is 697 g/mol. The van der Waals surface area contributed by atoms with Crippen molar-refractivity contribution in [2.24, 2.45) is 5.11 Å². The van der Waals surface area contributed by atoms with Gasteiger partial charge in [-0.15, -0.1) is 22.7 Å². The molecule has 2 aromatic heterocycles.